The van der Waals surface area contributed by atoms with Gasteiger partial charge in [-0.3, -0.25) is 9.36 Å². The summed E-state index contributed by atoms with van der Waals surface area (Å²) in [5.74, 6) is -0.222. The number of aryl methyl sites for hydroxylation is 2. The molecule has 0 unspecified atom stereocenters. The van der Waals surface area contributed by atoms with E-state index in [2.05, 4.69) is 9.97 Å². The summed E-state index contributed by atoms with van der Waals surface area (Å²) >= 11 is 0. The second kappa shape index (κ2) is 5.83. The zero-order chi connectivity index (χ0) is 18.4. The van der Waals surface area contributed by atoms with Crippen LogP contribution in [0.15, 0.2) is 41.5 Å². The number of carbonyl (C=O) groups is 1. The fraction of sp³-hybridized carbons (Fsp3) is 0.222. The van der Waals surface area contributed by atoms with Crippen LogP contribution in [0.1, 0.15) is 21.7 Å². The second-order valence-corrected chi connectivity index (χ2v) is 6.07. The number of fused-ring (bicyclic) bond motifs is 2. The van der Waals surface area contributed by atoms with Crippen LogP contribution in [-0.4, -0.2) is 36.6 Å². The Hall–Kier alpha value is -3.42. The van der Waals surface area contributed by atoms with Gasteiger partial charge in [0, 0.05) is 13.6 Å². The lowest BCUT2D eigenvalue weighted by Gasteiger charge is -2.07. The van der Waals surface area contributed by atoms with E-state index in [9.17, 15) is 9.59 Å². The molecule has 0 fully saturated rings. The van der Waals surface area contributed by atoms with Crippen molar-refractivity contribution < 1.29 is 9.53 Å². The lowest BCUT2D eigenvalue weighted by atomic mass is 10.2. The molecule has 132 valence electrons. The lowest BCUT2D eigenvalue weighted by molar-refractivity contribution is 0.0594. The van der Waals surface area contributed by atoms with Crippen LogP contribution < -0.4 is 5.56 Å². The Labute approximate surface area is 148 Å². The fourth-order valence-corrected chi connectivity index (χ4v) is 3.18. The van der Waals surface area contributed by atoms with E-state index in [1.54, 1.807) is 24.9 Å². The number of aromatic nitrogens is 5. The normalized spacial score (nSPS) is 11.3. The number of imidazole rings is 2. The van der Waals surface area contributed by atoms with E-state index in [0.29, 0.717) is 29.2 Å². The van der Waals surface area contributed by atoms with Crippen LogP contribution in [0, 0.1) is 6.92 Å². The van der Waals surface area contributed by atoms with E-state index in [4.69, 9.17) is 4.74 Å². The monoisotopic (exact) mass is 351 g/mol. The smallest absolute Gasteiger partial charge is 0.358 e. The van der Waals surface area contributed by atoms with E-state index >= 15 is 0 Å². The Kier molecular flexibility index (Phi) is 3.61. The van der Waals surface area contributed by atoms with Crippen LogP contribution in [0.4, 0.5) is 0 Å². The van der Waals surface area contributed by atoms with Crippen molar-refractivity contribution in [3.05, 3.63) is 64.0 Å². The summed E-state index contributed by atoms with van der Waals surface area (Å²) in [6, 6.07) is 9.83. The van der Waals surface area contributed by atoms with Gasteiger partial charge >= 0.3 is 5.97 Å². The van der Waals surface area contributed by atoms with Crippen molar-refractivity contribution in [3.63, 3.8) is 0 Å². The average molecular weight is 351 g/mol. The van der Waals surface area contributed by atoms with E-state index in [-0.39, 0.29) is 11.3 Å². The number of methoxy groups -OCH3 is 1. The number of ether oxygens (including phenoxy) is 1. The van der Waals surface area contributed by atoms with Crippen LogP contribution in [0.3, 0.4) is 0 Å². The van der Waals surface area contributed by atoms with Gasteiger partial charge in [-0.2, -0.15) is 0 Å². The van der Waals surface area contributed by atoms with E-state index in [1.165, 1.54) is 11.5 Å². The molecule has 0 saturated heterocycles. The molecule has 0 aliphatic heterocycles. The third-order valence-corrected chi connectivity index (χ3v) is 4.51. The summed E-state index contributed by atoms with van der Waals surface area (Å²) < 4.78 is 9.70. The first-order chi connectivity index (χ1) is 12.5. The maximum Gasteiger partial charge on any atom is 0.358 e. The van der Waals surface area contributed by atoms with Crippen molar-refractivity contribution in [2.75, 3.05) is 7.11 Å². The van der Waals surface area contributed by atoms with Crippen LogP contribution in [0.25, 0.3) is 16.9 Å². The minimum Gasteiger partial charge on any atom is -0.464 e. The van der Waals surface area contributed by atoms with E-state index < -0.39 is 5.97 Å². The molecule has 26 heavy (non-hydrogen) atoms. The molecule has 0 aliphatic rings. The molecule has 4 aromatic rings. The largest absolute Gasteiger partial charge is 0.464 e. The topological polar surface area (TPSA) is 83.4 Å². The summed E-state index contributed by atoms with van der Waals surface area (Å²) in [5.41, 5.74) is 2.35. The summed E-state index contributed by atoms with van der Waals surface area (Å²) in [5, 5.41) is 0. The number of nitrogens with zero attached hydrogens (tertiary/aromatic N) is 5. The van der Waals surface area contributed by atoms with Gasteiger partial charge in [-0.15, -0.1) is 0 Å². The van der Waals surface area contributed by atoms with Gasteiger partial charge in [0.1, 0.15) is 0 Å². The first-order valence-electron chi connectivity index (χ1n) is 8.08. The minimum atomic E-state index is -0.574. The lowest BCUT2D eigenvalue weighted by Crippen LogP contribution is -2.21. The Morgan fingerprint density at radius 3 is 2.65 bits per heavy atom. The molecule has 3 heterocycles. The highest BCUT2D eigenvalue weighted by molar-refractivity contribution is 5.89. The Bertz CT molecular complexity index is 1200. The number of esters is 1. The molecule has 0 N–H and O–H groups in total. The highest BCUT2D eigenvalue weighted by Crippen LogP contribution is 2.16. The Balaban J connectivity index is 2.00. The quantitative estimate of drug-likeness (QED) is 0.523. The molecular formula is C18H17N5O3. The third kappa shape index (κ3) is 2.22. The van der Waals surface area contributed by atoms with Crippen molar-refractivity contribution in [3.8, 4) is 0 Å². The molecule has 0 saturated carbocycles. The summed E-state index contributed by atoms with van der Waals surface area (Å²) in [4.78, 5) is 33.8. The zero-order valence-corrected chi connectivity index (χ0v) is 14.6. The molecule has 0 amide bonds. The van der Waals surface area contributed by atoms with Crippen LogP contribution in [0.2, 0.25) is 0 Å². The highest BCUT2D eigenvalue weighted by Gasteiger charge is 2.22. The second-order valence-electron chi connectivity index (χ2n) is 6.07. The molecule has 8 heteroatoms. The van der Waals surface area contributed by atoms with Crippen molar-refractivity contribution in [2.24, 2.45) is 7.05 Å². The fourth-order valence-electron chi connectivity index (χ4n) is 3.18. The van der Waals surface area contributed by atoms with Gasteiger partial charge in [-0.05, 0) is 12.5 Å². The standard InChI is InChI=1S/C18H17N5O3/c1-11-13(17(25)26-3)20-18-21(2)15-14(16(24)23(11)18)22(10-19-15)9-12-7-5-4-6-8-12/h4-8,10H,9H2,1-3H3. The summed E-state index contributed by atoms with van der Waals surface area (Å²) in [6.45, 7) is 2.20. The van der Waals surface area contributed by atoms with Gasteiger partial charge in [-0.1, -0.05) is 30.3 Å². The molecule has 0 aliphatic carbocycles. The zero-order valence-electron chi connectivity index (χ0n) is 14.6. The van der Waals surface area contributed by atoms with Gasteiger partial charge < -0.3 is 9.30 Å². The molecule has 0 bridgehead atoms. The number of carbonyl (C=O) groups excluding carboxylic acids is 1. The Morgan fingerprint density at radius 1 is 1.23 bits per heavy atom. The van der Waals surface area contributed by atoms with Crippen LogP contribution >= 0.6 is 0 Å². The van der Waals surface area contributed by atoms with Gasteiger partial charge in [0.15, 0.2) is 16.9 Å². The first kappa shape index (κ1) is 16.1. The number of benzene rings is 1. The van der Waals surface area contributed by atoms with Crippen LogP contribution in [0.5, 0.6) is 0 Å². The summed E-state index contributed by atoms with van der Waals surface area (Å²) in [7, 11) is 3.06. The number of hydrogen-bond acceptors (Lipinski definition) is 5. The number of rotatable bonds is 3. The van der Waals surface area contributed by atoms with Gasteiger partial charge in [0.25, 0.3) is 5.56 Å². The molecule has 8 nitrogen and oxygen atoms in total. The molecule has 3 aromatic heterocycles. The van der Waals surface area contributed by atoms with Crippen LogP contribution in [-0.2, 0) is 18.3 Å². The predicted molar refractivity (Wildman–Crippen MR) is 95.3 cm³/mol. The van der Waals surface area contributed by atoms with Gasteiger partial charge in [0.2, 0.25) is 5.78 Å². The third-order valence-electron chi connectivity index (χ3n) is 4.51. The maximum absolute atomic E-state index is 13.2. The maximum atomic E-state index is 13.2. The van der Waals surface area contributed by atoms with E-state index in [1.807, 2.05) is 34.9 Å². The minimum absolute atomic E-state index is 0.127. The SMILES string of the molecule is COC(=O)c1nc2n(C)c3ncn(Cc4ccccc4)c3c(=O)n2c1C. The predicted octanol–water partition coefficient (Wildman–Crippen LogP) is 1.53. The Morgan fingerprint density at radius 2 is 1.96 bits per heavy atom. The van der Waals surface area contributed by atoms with Crippen molar-refractivity contribution >= 4 is 22.9 Å². The van der Waals surface area contributed by atoms with Gasteiger partial charge in [0.05, 0.1) is 19.1 Å². The van der Waals surface area contributed by atoms with Crippen molar-refractivity contribution in [1.82, 2.24) is 23.5 Å². The first-order valence-corrected chi connectivity index (χ1v) is 8.08. The van der Waals surface area contributed by atoms with E-state index in [0.717, 1.165) is 5.56 Å². The molecule has 0 radical (unpaired) electrons. The molecule has 0 spiro atoms. The van der Waals surface area contributed by atoms with Crippen molar-refractivity contribution in [2.45, 2.75) is 13.5 Å². The summed E-state index contributed by atoms with van der Waals surface area (Å²) in [6.07, 6.45) is 1.65. The molecule has 0 atom stereocenters. The highest BCUT2D eigenvalue weighted by atomic mass is 16.5. The molecule has 4 rings (SSSR count). The average Bonchev–Trinajstić information content (AvgIpc) is 3.22. The van der Waals surface area contributed by atoms with Gasteiger partial charge in [-0.25, -0.2) is 19.2 Å². The molecular weight excluding hydrogens is 334 g/mol. The molecule has 1 aromatic carbocycles. The number of hydrogen-bond donors (Lipinski definition) is 0. The van der Waals surface area contributed by atoms with Crippen molar-refractivity contribution in [1.29, 1.82) is 0 Å².